The lowest BCUT2D eigenvalue weighted by atomic mass is 10.1. The first-order valence-corrected chi connectivity index (χ1v) is 6.34. The van der Waals surface area contributed by atoms with E-state index in [1.807, 2.05) is 29.8 Å². The van der Waals surface area contributed by atoms with Gasteiger partial charge in [0.15, 0.2) is 5.75 Å². The number of aryl methyl sites for hydroxylation is 1. The van der Waals surface area contributed by atoms with Gasteiger partial charge in [0.1, 0.15) is 5.69 Å². The maximum absolute atomic E-state index is 10.1. The molecule has 3 nitrogen and oxygen atoms in total. The van der Waals surface area contributed by atoms with Crippen LogP contribution in [0.2, 0.25) is 0 Å². The molecule has 1 aromatic heterocycles. The lowest BCUT2D eigenvalue weighted by molar-refractivity contribution is 0.458. The van der Waals surface area contributed by atoms with Crippen LogP contribution in [-0.2, 0) is 6.42 Å². The molecule has 0 saturated carbocycles. The van der Waals surface area contributed by atoms with Crippen LogP contribution >= 0.6 is 0 Å². The molecule has 0 aliphatic carbocycles. The van der Waals surface area contributed by atoms with Gasteiger partial charge in [-0.1, -0.05) is 32.0 Å². The van der Waals surface area contributed by atoms with Crippen LogP contribution in [0.5, 0.6) is 5.75 Å². The summed E-state index contributed by atoms with van der Waals surface area (Å²) in [5.74, 6) is 0.808. The molecule has 0 bridgehead atoms. The van der Waals surface area contributed by atoms with Crippen LogP contribution in [0, 0.1) is 19.8 Å². The highest BCUT2D eigenvalue weighted by Crippen LogP contribution is 2.27. The smallest absolute Gasteiger partial charge is 0.160 e. The van der Waals surface area contributed by atoms with Crippen molar-refractivity contribution in [1.29, 1.82) is 0 Å². The number of benzene rings is 1. The van der Waals surface area contributed by atoms with Gasteiger partial charge in [0, 0.05) is 0 Å². The summed E-state index contributed by atoms with van der Waals surface area (Å²) in [7, 11) is 0. The maximum atomic E-state index is 10.1. The Morgan fingerprint density at radius 3 is 2.50 bits per heavy atom. The molecular formula is C15H20N2O. The van der Waals surface area contributed by atoms with Crippen LogP contribution in [0.1, 0.15) is 30.8 Å². The number of aromatic nitrogens is 2. The highest BCUT2D eigenvalue weighted by Gasteiger charge is 2.16. The van der Waals surface area contributed by atoms with E-state index in [4.69, 9.17) is 0 Å². The van der Waals surface area contributed by atoms with Gasteiger partial charge in [-0.3, -0.25) is 0 Å². The topological polar surface area (TPSA) is 38.0 Å². The minimum absolute atomic E-state index is 0.326. The minimum Gasteiger partial charge on any atom is -0.504 e. The number of aromatic hydroxyl groups is 1. The van der Waals surface area contributed by atoms with Crippen molar-refractivity contribution in [3.05, 3.63) is 41.2 Å². The van der Waals surface area contributed by atoms with E-state index in [1.165, 1.54) is 0 Å². The second-order valence-corrected chi connectivity index (χ2v) is 5.18. The number of hydrogen-bond donors (Lipinski definition) is 1. The van der Waals surface area contributed by atoms with Crippen molar-refractivity contribution in [1.82, 2.24) is 9.78 Å². The molecule has 3 heteroatoms. The van der Waals surface area contributed by atoms with Crippen molar-refractivity contribution in [3.8, 4) is 11.4 Å². The second-order valence-electron chi connectivity index (χ2n) is 5.18. The summed E-state index contributed by atoms with van der Waals surface area (Å²) in [5, 5.41) is 14.7. The summed E-state index contributed by atoms with van der Waals surface area (Å²) in [6.07, 6.45) is 0.797. The molecule has 0 aliphatic rings. The highest BCUT2D eigenvalue weighted by atomic mass is 16.3. The molecule has 0 saturated heterocycles. The third-order valence-corrected chi connectivity index (χ3v) is 3.10. The molecule has 0 aliphatic heterocycles. The molecular weight excluding hydrogens is 224 g/mol. The normalized spacial score (nSPS) is 11.2. The Morgan fingerprint density at radius 2 is 1.89 bits per heavy atom. The summed E-state index contributed by atoms with van der Waals surface area (Å²) < 4.78 is 1.84. The van der Waals surface area contributed by atoms with Gasteiger partial charge in [-0.2, -0.15) is 5.10 Å². The molecule has 1 N–H and O–H groups in total. The third kappa shape index (κ3) is 2.26. The number of rotatable bonds is 3. The van der Waals surface area contributed by atoms with Gasteiger partial charge in [-0.05, 0) is 37.8 Å². The van der Waals surface area contributed by atoms with Gasteiger partial charge in [0.25, 0.3) is 0 Å². The fourth-order valence-electron chi connectivity index (χ4n) is 2.11. The Bertz CT molecular complexity index is 556. The average Bonchev–Trinajstić information content (AvgIpc) is 2.58. The van der Waals surface area contributed by atoms with Crippen molar-refractivity contribution < 1.29 is 5.11 Å². The highest BCUT2D eigenvalue weighted by molar-refractivity contribution is 5.44. The van der Waals surface area contributed by atoms with Crippen molar-refractivity contribution >= 4 is 0 Å². The monoisotopic (exact) mass is 244 g/mol. The van der Waals surface area contributed by atoms with E-state index in [9.17, 15) is 5.11 Å². The summed E-state index contributed by atoms with van der Waals surface area (Å²) >= 11 is 0. The van der Waals surface area contributed by atoms with Crippen LogP contribution in [0.25, 0.3) is 5.69 Å². The molecule has 1 aromatic carbocycles. The first-order valence-electron chi connectivity index (χ1n) is 6.34. The molecule has 18 heavy (non-hydrogen) atoms. The number of hydrogen-bond acceptors (Lipinski definition) is 2. The molecule has 2 rings (SSSR count). The predicted octanol–water partition coefficient (Wildman–Crippen LogP) is 3.39. The van der Waals surface area contributed by atoms with Crippen molar-refractivity contribution in [2.75, 3.05) is 0 Å². The van der Waals surface area contributed by atoms with Crippen LogP contribution in [0.3, 0.4) is 0 Å². The van der Waals surface area contributed by atoms with E-state index in [0.717, 1.165) is 29.1 Å². The van der Waals surface area contributed by atoms with Crippen molar-refractivity contribution in [2.45, 2.75) is 34.1 Å². The van der Waals surface area contributed by atoms with E-state index in [1.54, 1.807) is 0 Å². The standard InChI is InChI=1S/C15H20N2O/c1-10(2)9-13-15(18)12(4)17(16-13)14-8-6-5-7-11(14)3/h5-8,10,18H,9H2,1-4H3. The van der Waals surface area contributed by atoms with Crippen LogP contribution in [0.4, 0.5) is 0 Å². The Hall–Kier alpha value is -1.77. The van der Waals surface area contributed by atoms with Gasteiger partial charge in [0.05, 0.1) is 11.4 Å². The van der Waals surface area contributed by atoms with Gasteiger partial charge < -0.3 is 5.11 Å². The lowest BCUT2D eigenvalue weighted by Crippen LogP contribution is -2.02. The molecule has 0 fully saturated rings. The van der Waals surface area contributed by atoms with E-state index in [2.05, 4.69) is 31.9 Å². The SMILES string of the molecule is Cc1ccccc1-n1nc(CC(C)C)c(O)c1C. The van der Waals surface area contributed by atoms with Crippen LogP contribution in [-0.4, -0.2) is 14.9 Å². The molecule has 0 amide bonds. The first kappa shape index (κ1) is 12.7. The van der Waals surface area contributed by atoms with Gasteiger partial charge in [0.2, 0.25) is 0 Å². The van der Waals surface area contributed by atoms with Gasteiger partial charge in [-0.15, -0.1) is 0 Å². The zero-order valence-electron chi connectivity index (χ0n) is 11.4. The predicted molar refractivity (Wildman–Crippen MR) is 73.2 cm³/mol. The fourth-order valence-corrected chi connectivity index (χ4v) is 2.11. The lowest BCUT2D eigenvalue weighted by Gasteiger charge is -2.07. The summed E-state index contributed by atoms with van der Waals surface area (Å²) in [6, 6.07) is 8.07. The Labute approximate surface area is 108 Å². The van der Waals surface area contributed by atoms with Crippen LogP contribution < -0.4 is 0 Å². The van der Waals surface area contributed by atoms with E-state index >= 15 is 0 Å². The van der Waals surface area contributed by atoms with E-state index < -0.39 is 0 Å². The molecule has 2 aromatic rings. The third-order valence-electron chi connectivity index (χ3n) is 3.10. The Kier molecular flexibility index (Phi) is 3.41. The van der Waals surface area contributed by atoms with Gasteiger partial charge in [-0.25, -0.2) is 4.68 Å². The van der Waals surface area contributed by atoms with Crippen molar-refractivity contribution in [3.63, 3.8) is 0 Å². The van der Waals surface area contributed by atoms with E-state index in [-0.39, 0.29) is 0 Å². The van der Waals surface area contributed by atoms with Crippen LogP contribution in [0.15, 0.2) is 24.3 Å². The Balaban J connectivity index is 2.50. The van der Waals surface area contributed by atoms with Gasteiger partial charge >= 0.3 is 0 Å². The number of nitrogens with zero attached hydrogens (tertiary/aromatic N) is 2. The average molecular weight is 244 g/mol. The molecule has 96 valence electrons. The quantitative estimate of drug-likeness (QED) is 0.898. The maximum Gasteiger partial charge on any atom is 0.160 e. The molecule has 0 atom stereocenters. The zero-order chi connectivity index (χ0) is 13.3. The minimum atomic E-state index is 0.326. The molecule has 0 spiro atoms. The molecule has 1 heterocycles. The van der Waals surface area contributed by atoms with Crippen molar-refractivity contribution in [2.24, 2.45) is 5.92 Å². The summed E-state index contributed by atoms with van der Waals surface area (Å²) in [6.45, 7) is 8.21. The Morgan fingerprint density at radius 1 is 1.22 bits per heavy atom. The summed E-state index contributed by atoms with van der Waals surface area (Å²) in [4.78, 5) is 0. The molecule has 0 unspecified atom stereocenters. The fraction of sp³-hybridized carbons (Fsp3) is 0.400. The molecule has 0 radical (unpaired) electrons. The number of para-hydroxylation sites is 1. The largest absolute Gasteiger partial charge is 0.504 e. The van der Waals surface area contributed by atoms with E-state index in [0.29, 0.717) is 11.7 Å². The zero-order valence-corrected chi connectivity index (χ0v) is 11.4. The summed E-state index contributed by atoms with van der Waals surface area (Å²) in [5.41, 5.74) is 3.77. The first-order chi connectivity index (χ1) is 8.50. The second kappa shape index (κ2) is 4.84.